The Kier molecular flexibility index (Phi) is 3.12. The van der Waals surface area contributed by atoms with Gasteiger partial charge in [-0.15, -0.1) is 11.3 Å². The molecule has 0 atom stereocenters. The van der Waals surface area contributed by atoms with Gasteiger partial charge in [0.1, 0.15) is 10.7 Å². The van der Waals surface area contributed by atoms with Gasteiger partial charge in [0.15, 0.2) is 0 Å². The van der Waals surface area contributed by atoms with E-state index in [0.29, 0.717) is 5.56 Å². The van der Waals surface area contributed by atoms with Crippen molar-refractivity contribution in [2.24, 2.45) is 0 Å². The molecule has 6 heteroatoms. The van der Waals surface area contributed by atoms with Crippen LogP contribution >= 0.6 is 11.3 Å². The molecule has 0 aliphatic carbocycles. The van der Waals surface area contributed by atoms with E-state index in [-0.39, 0.29) is 16.0 Å². The van der Waals surface area contributed by atoms with Crippen LogP contribution in [0.25, 0.3) is 11.1 Å². The van der Waals surface area contributed by atoms with Gasteiger partial charge in [0, 0.05) is 5.56 Å². The van der Waals surface area contributed by atoms with Gasteiger partial charge in [0.25, 0.3) is 0 Å². The molecular weight excluding hydrogens is 259 g/mol. The smallest absolute Gasteiger partial charge is 0.345 e. The van der Waals surface area contributed by atoms with Gasteiger partial charge < -0.3 is 10.2 Å². The second-order valence-corrected chi connectivity index (χ2v) is 4.42. The average molecular weight is 266 g/mol. The van der Waals surface area contributed by atoms with Crippen molar-refractivity contribution < 1.29 is 24.2 Å². The highest BCUT2D eigenvalue weighted by molar-refractivity contribution is 7.12. The van der Waals surface area contributed by atoms with Crippen molar-refractivity contribution >= 4 is 23.3 Å². The fourth-order valence-electron chi connectivity index (χ4n) is 1.47. The highest BCUT2D eigenvalue weighted by Crippen LogP contribution is 2.28. The Balaban J connectivity index is 2.51. The Morgan fingerprint density at radius 2 is 1.83 bits per heavy atom. The standard InChI is InChI=1S/C12H7FO4S/c13-9-2-1-6(11(14)15)3-8(9)7-4-10(12(16)17)18-5-7/h1-5H,(H,14,15)(H,16,17). The molecule has 1 heterocycles. The van der Waals surface area contributed by atoms with Gasteiger partial charge >= 0.3 is 11.9 Å². The maximum Gasteiger partial charge on any atom is 0.345 e. The third-order valence-corrected chi connectivity index (χ3v) is 3.25. The van der Waals surface area contributed by atoms with E-state index in [1.807, 2.05) is 0 Å². The molecule has 0 amide bonds. The van der Waals surface area contributed by atoms with Crippen LogP contribution in [-0.4, -0.2) is 22.2 Å². The van der Waals surface area contributed by atoms with Crippen LogP contribution in [0.5, 0.6) is 0 Å². The lowest BCUT2D eigenvalue weighted by atomic mass is 10.0. The third-order valence-electron chi connectivity index (χ3n) is 2.33. The van der Waals surface area contributed by atoms with Gasteiger partial charge in [0.2, 0.25) is 0 Å². The molecule has 0 spiro atoms. The van der Waals surface area contributed by atoms with Gasteiger partial charge in [0.05, 0.1) is 5.56 Å². The van der Waals surface area contributed by atoms with Crippen molar-refractivity contribution in [3.05, 3.63) is 45.9 Å². The third kappa shape index (κ3) is 2.23. The zero-order chi connectivity index (χ0) is 13.3. The number of benzene rings is 1. The molecule has 1 aromatic carbocycles. The molecule has 1 aromatic heterocycles. The molecule has 2 aromatic rings. The molecule has 2 rings (SSSR count). The summed E-state index contributed by atoms with van der Waals surface area (Å²) in [5, 5.41) is 19.1. The molecule has 0 saturated heterocycles. The summed E-state index contributed by atoms with van der Waals surface area (Å²) < 4.78 is 13.6. The van der Waals surface area contributed by atoms with Gasteiger partial charge in [-0.2, -0.15) is 0 Å². The number of hydrogen-bond acceptors (Lipinski definition) is 3. The largest absolute Gasteiger partial charge is 0.478 e. The summed E-state index contributed by atoms with van der Waals surface area (Å²) in [5.74, 6) is -2.85. The molecule has 0 saturated carbocycles. The van der Waals surface area contributed by atoms with Crippen molar-refractivity contribution in [2.45, 2.75) is 0 Å². The first-order valence-electron chi connectivity index (χ1n) is 4.84. The van der Waals surface area contributed by atoms with Gasteiger partial charge in [-0.3, -0.25) is 0 Å². The predicted octanol–water partition coefficient (Wildman–Crippen LogP) is 2.95. The van der Waals surface area contributed by atoms with E-state index in [9.17, 15) is 14.0 Å². The molecular formula is C12H7FO4S. The van der Waals surface area contributed by atoms with Crippen LogP contribution in [0.4, 0.5) is 4.39 Å². The zero-order valence-corrected chi connectivity index (χ0v) is 9.70. The summed E-state index contributed by atoms with van der Waals surface area (Å²) in [6.45, 7) is 0. The first-order valence-corrected chi connectivity index (χ1v) is 5.72. The summed E-state index contributed by atoms with van der Waals surface area (Å²) in [6.07, 6.45) is 0. The fourth-order valence-corrected chi connectivity index (χ4v) is 2.21. The Morgan fingerprint density at radius 1 is 1.11 bits per heavy atom. The van der Waals surface area contributed by atoms with Gasteiger partial charge in [-0.1, -0.05) is 0 Å². The van der Waals surface area contributed by atoms with Crippen LogP contribution in [-0.2, 0) is 0 Å². The molecule has 4 nitrogen and oxygen atoms in total. The second kappa shape index (κ2) is 4.58. The highest BCUT2D eigenvalue weighted by atomic mass is 32.1. The number of carboxylic acid groups (broad SMARTS) is 2. The maximum absolute atomic E-state index is 13.6. The van der Waals surface area contributed by atoms with E-state index in [0.717, 1.165) is 23.5 Å². The zero-order valence-electron chi connectivity index (χ0n) is 8.88. The van der Waals surface area contributed by atoms with Crippen LogP contribution in [0.3, 0.4) is 0 Å². The lowest BCUT2D eigenvalue weighted by Gasteiger charge is -2.02. The molecule has 0 aliphatic rings. The van der Waals surface area contributed by atoms with Crippen LogP contribution in [0.2, 0.25) is 0 Å². The lowest BCUT2D eigenvalue weighted by Crippen LogP contribution is -1.97. The van der Waals surface area contributed by atoms with Gasteiger partial charge in [-0.05, 0) is 35.2 Å². The SMILES string of the molecule is O=C(O)c1ccc(F)c(-c2csc(C(=O)O)c2)c1. The number of hydrogen-bond donors (Lipinski definition) is 2. The van der Waals surface area contributed by atoms with E-state index < -0.39 is 17.8 Å². The highest BCUT2D eigenvalue weighted by Gasteiger charge is 2.13. The molecule has 0 bridgehead atoms. The minimum Gasteiger partial charge on any atom is -0.478 e. The number of carbonyl (C=O) groups is 2. The summed E-state index contributed by atoms with van der Waals surface area (Å²) in [4.78, 5) is 21.6. The van der Waals surface area contributed by atoms with E-state index in [4.69, 9.17) is 10.2 Å². The minimum absolute atomic E-state index is 0.0468. The molecule has 2 N–H and O–H groups in total. The molecule has 18 heavy (non-hydrogen) atoms. The number of rotatable bonds is 3. The normalized spacial score (nSPS) is 10.3. The monoisotopic (exact) mass is 266 g/mol. The molecule has 0 radical (unpaired) electrons. The topological polar surface area (TPSA) is 74.6 Å². The quantitative estimate of drug-likeness (QED) is 0.895. The van der Waals surface area contributed by atoms with Crippen molar-refractivity contribution in [1.82, 2.24) is 0 Å². The summed E-state index contributed by atoms with van der Waals surface area (Å²) in [7, 11) is 0. The van der Waals surface area contributed by atoms with E-state index in [2.05, 4.69) is 0 Å². The van der Waals surface area contributed by atoms with E-state index in [1.165, 1.54) is 17.5 Å². The Morgan fingerprint density at radius 3 is 2.39 bits per heavy atom. The summed E-state index contributed by atoms with van der Waals surface area (Å²) in [6, 6.07) is 4.71. The van der Waals surface area contributed by atoms with Crippen LogP contribution in [0, 0.1) is 5.82 Å². The summed E-state index contributed by atoms with van der Waals surface area (Å²) in [5.41, 5.74) is 0.395. The number of aromatic carboxylic acids is 2. The van der Waals surface area contributed by atoms with Crippen LogP contribution in [0.15, 0.2) is 29.6 Å². The number of carboxylic acids is 2. The molecule has 0 aliphatic heterocycles. The van der Waals surface area contributed by atoms with Crippen molar-refractivity contribution in [3.63, 3.8) is 0 Å². The Hall–Kier alpha value is -2.21. The lowest BCUT2D eigenvalue weighted by molar-refractivity contribution is 0.0688. The van der Waals surface area contributed by atoms with E-state index >= 15 is 0 Å². The van der Waals surface area contributed by atoms with Crippen molar-refractivity contribution in [1.29, 1.82) is 0 Å². The molecule has 92 valence electrons. The van der Waals surface area contributed by atoms with E-state index in [1.54, 1.807) is 0 Å². The average Bonchev–Trinajstić information content (AvgIpc) is 2.78. The van der Waals surface area contributed by atoms with Crippen molar-refractivity contribution in [3.8, 4) is 11.1 Å². The maximum atomic E-state index is 13.6. The molecule has 0 fully saturated rings. The first kappa shape index (κ1) is 12.3. The number of halogens is 1. The first-order chi connectivity index (χ1) is 8.49. The minimum atomic E-state index is -1.16. The second-order valence-electron chi connectivity index (χ2n) is 3.50. The predicted molar refractivity (Wildman–Crippen MR) is 63.6 cm³/mol. The van der Waals surface area contributed by atoms with Gasteiger partial charge in [-0.25, -0.2) is 14.0 Å². The number of thiophene rings is 1. The van der Waals surface area contributed by atoms with Crippen LogP contribution < -0.4 is 0 Å². The molecule has 0 unspecified atom stereocenters. The fraction of sp³-hybridized carbons (Fsp3) is 0. The summed E-state index contributed by atoms with van der Waals surface area (Å²) >= 11 is 0.962. The van der Waals surface area contributed by atoms with Crippen molar-refractivity contribution in [2.75, 3.05) is 0 Å². The Bertz CT molecular complexity index is 633. The van der Waals surface area contributed by atoms with Crippen LogP contribution in [0.1, 0.15) is 20.0 Å². The Labute approximate surface area is 105 Å².